The topological polar surface area (TPSA) is 27.1 Å². The number of hydrogen-bond donors (Lipinski definition) is 0. The lowest BCUT2D eigenvalue weighted by Crippen LogP contribution is -2.21. The Bertz CT molecular complexity index is 403. The van der Waals surface area contributed by atoms with Crippen molar-refractivity contribution in [2.45, 2.75) is 58.7 Å². The number of rotatable bonds is 4. The molecule has 1 aromatic rings. The highest BCUT2D eigenvalue weighted by Crippen LogP contribution is 2.28. The third-order valence-electron chi connectivity index (χ3n) is 3.85. The van der Waals surface area contributed by atoms with Gasteiger partial charge in [-0.1, -0.05) is 26.7 Å². The average Bonchev–Trinajstić information content (AvgIpc) is 2.62. The van der Waals surface area contributed by atoms with Gasteiger partial charge < -0.3 is 4.74 Å². The van der Waals surface area contributed by atoms with Crippen LogP contribution in [-0.4, -0.2) is 15.9 Å². The molecule has 0 aromatic carbocycles. The monoisotopic (exact) mass is 314 g/mol. The summed E-state index contributed by atoms with van der Waals surface area (Å²) in [6.07, 6.45) is 6.46. The van der Waals surface area contributed by atoms with Crippen molar-refractivity contribution < 1.29 is 4.74 Å². The zero-order valence-electron chi connectivity index (χ0n) is 11.6. The van der Waals surface area contributed by atoms with Crippen LogP contribution in [0.2, 0.25) is 0 Å². The summed E-state index contributed by atoms with van der Waals surface area (Å²) in [6, 6.07) is 0. The molecule has 1 aliphatic carbocycles. The fraction of sp³-hybridized carbons (Fsp3) is 0.786. The van der Waals surface area contributed by atoms with Crippen molar-refractivity contribution in [3.63, 3.8) is 0 Å². The Morgan fingerprint density at radius 2 is 2.22 bits per heavy atom. The van der Waals surface area contributed by atoms with E-state index >= 15 is 0 Å². The molecular formula is C14H23BrN2O. The summed E-state index contributed by atoms with van der Waals surface area (Å²) in [5, 5.41) is 4.50. The van der Waals surface area contributed by atoms with E-state index < -0.39 is 0 Å². The predicted octanol–water partition coefficient (Wildman–Crippen LogP) is 3.84. The molecule has 1 aromatic heterocycles. The fourth-order valence-electron chi connectivity index (χ4n) is 2.70. The summed E-state index contributed by atoms with van der Waals surface area (Å²) in [7, 11) is 1.99. The molecule has 2 atom stereocenters. The van der Waals surface area contributed by atoms with Gasteiger partial charge in [0.1, 0.15) is 0 Å². The normalized spacial score (nSPS) is 24.4. The summed E-state index contributed by atoms with van der Waals surface area (Å²) in [4.78, 5) is 0. The average molecular weight is 315 g/mol. The molecule has 1 heterocycles. The Morgan fingerprint density at radius 3 is 2.83 bits per heavy atom. The highest BCUT2D eigenvalue weighted by molar-refractivity contribution is 9.10. The van der Waals surface area contributed by atoms with Crippen molar-refractivity contribution in [1.82, 2.24) is 9.78 Å². The summed E-state index contributed by atoms with van der Waals surface area (Å²) in [5.74, 6) is 0.810. The maximum Gasteiger partial charge on any atom is 0.0900 e. The van der Waals surface area contributed by atoms with E-state index in [1.54, 1.807) is 0 Å². The standard InChI is InChI=1S/C14H23BrN2O/c1-4-12-14(15)13(17(3)16-12)9-18-11-7-5-6-10(2)8-11/h10-11H,4-9H2,1-3H3. The molecule has 1 saturated carbocycles. The zero-order chi connectivity index (χ0) is 13.1. The highest BCUT2D eigenvalue weighted by atomic mass is 79.9. The van der Waals surface area contributed by atoms with Gasteiger partial charge in [-0.25, -0.2) is 0 Å². The van der Waals surface area contributed by atoms with Crippen molar-refractivity contribution >= 4 is 15.9 Å². The first-order valence-electron chi connectivity index (χ1n) is 6.93. The van der Waals surface area contributed by atoms with Gasteiger partial charge in [0.25, 0.3) is 0 Å². The molecule has 0 bridgehead atoms. The van der Waals surface area contributed by atoms with Crippen LogP contribution >= 0.6 is 15.9 Å². The van der Waals surface area contributed by atoms with E-state index in [9.17, 15) is 0 Å². The number of ether oxygens (including phenoxy) is 1. The molecule has 0 N–H and O–H groups in total. The van der Waals surface area contributed by atoms with Crippen LogP contribution in [0.3, 0.4) is 0 Å². The third-order valence-corrected chi connectivity index (χ3v) is 4.76. The number of nitrogens with zero attached hydrogens (tertiary/aromatic N) is 2. The minimum atomic E-state index is 0.431. The van der Waals surface area contributed by atoms with E-state index in [4.69, 9.17) is 4.74 Å². The second-order valence-electron chi connectivity index (χ2n) is 5.39. The van der Waals surface area contributed by atoms with Crippen LogP contribution < -0.4 is 0 Å². The molecule has 3 nitrogen and oxygen atoms in total. The second-order valence-corrected chi connectivity index (χ2v) is 6.18. The van der Waals surface area contributed by atoms with Crippen LogP contribution in [0.5, 0.6) is 0 Å². The lowest BCUT2D eigenvalue weighted by atomic mass is 9.89. The molecule has 0 saturated heterocycles. The lowest BCUT2D eigenvalue weighted by molar-refractivity contribution is 0.00173. The van der Waals surface area contributed by atoms with Gasteiger partial charge in [0.2, 0.25) is 0 Å². The molecular weight excluding hydrogens is 292 g/mol. The van der Waals surface area contributed by atoms with Crippen molar-refractivity contribution in [2.24, 2.45) is 13.0 Å². The fourth-order valence-corrected chi connectivity index (χ4v) is 3.43. The van der Waals surface area contributed by atoms with Crippen molar-refractivity contribution in [1.29, 1.82) is 0 Å². The van der Waals surface area contributed by atoms with Crippen LogP contribution in [0.4, 0.5) is 0 Å². The molecule has 0 amide bonds. The van der Waals surface area contributed by atoms with Crippen LogP contribution in [0.1, 0.15) is 50.9 Å². The van der Waals surface area contributed by atoms with Crippen LogP contribution in [0.25, 0.3) is 0 Å². The maximum atomic E-state index is 6.07. The SMILES string of the molecule is CCc1nn(C)c(COC2CCCC(C)C2)c1Br. The lowest BCUT2D eigenvalue weighted by Gasteiger charge is -2.26. The first-order valence-corrected chi connectivity index (χ1v) is 7.73. The maximum absolute atomic E-state index is 6.07. The van der Waals surface area contributed by atoms with Gasteiger partial charge in [0.05, 0.1) is 28.6 Å². The second kappa shape index (κ2) is 6.20. The van der Waals surface area contributed by atoms with E-state index in [2.05, 4.69) is 34.9 Å². The van der Waals surface area contributed by atoms with E-state index in [0.717, 1.165) is 28.2 Å². The largest absolute Gasteiger partial charge is 0.372 e. The highest BCUT2D eigenvalue weighted by Gasteiger charge is 2.21. The van der Waals surface area contributed by atoms with E-state index in [-0.39, 0.29) is 0 Å². The number of halogens is 1. The van der Waals surface area contributed by atoms with Gasteiger partial charge in [0, 0.05) is 7.05 Å². The minimum absolute atomic E-state index is 0.431. The molecule has 1 aliphatic rings. The predicted molar refractivity (Wildman–Crippen MR) is 76.5 cm³/mol. The summed E-state index contributed by atoms with van der Waals surface area (Å²) < 4.78 is 9.13. The molecule has 18 heavy (non-hydrogen) atoms. The Hall–Kier alpha value is -0.350. The number of hydrogen-bond acceptors (Lipinski definition) is 2. The molecule has 0 spiro atoms. The quantitative estimate of drug-likeness (QED) is 0.844. The molecule has 0 radical (unpaired) electrons. The van der Waals surface area contributed by atoms with Crippen molar-refractivity contribution in [3.05, 3.63) is 15.9 Å². The Morgan fingerprint density at radius 1 is 1.44 bits per heavy atom. The van der Waals surface area contributed by atoms with Gasteiger partial charge in [-0.05, 0) is 41.1 Å². The summed E-state index contributed by atoms with van der Waals surface area (Å²) >= 11 is 3.64. The van der Waals surface area contributed by atoms with Gasteiger partial charge in [-0.2, -0.15) is 5.10 Å². The van der Waals surface area contributed by atoms with Crippen LogP contribution in [0, 0.1) is 5.92 Å². The molecule has 1 fully saturated rings. The van der Waals surface area contributed by atoms with Crippen LogP contribution in [-0.2, 0) is 24.8 Å². The number of aromatic nitrogens is 2. The first-order chi connectivity index (χ1) is 8.61. The third kappa shape index (κ3) is 3.15. The zero-order valence-corrected chi connectivity index (χ0v) is 13.2. The molecule has 2 rings (SSSR count). The van der Waals surface area contributed by atoms with E-state index in [1.165, 1.54) is 25.7 Å². The van der Waals surface area contributed by atoms with Gasteiger partial charge in [-0.3, -0.25) is 4.68 Å². The molecule has 4 heteroatoms. The molecule has 0 aliphatic heterocycles. The smallest absolute Gasteiger partial charge is 0.0900 e. The Labute approximate surface area is 118 Å². The van der Waals surface area contributed by atoms with Gasteiger partial charge in [-0.15, -0.1) is 0 Å². The summed E-state index contributed by atoms with van der Waals surface area (Å²) in [5.41, 5.74) is 2.28. The molecule has 102 valence electrons. The van der Waals surface area contributed by atoms with Gasteiger partial charge >= 0.3 is 0 Å². The van der Waals surface area contributed by atoms with Gasteiger partial charge in [0.15, 0.2) is 0 Å². The molecule has 2 unspecified atom stereocenters. The van der Waals surface area contributed by atoms with Crippen molar-refractivity contribution in [2.75, 3.05) is 0 Å². The Kier molecular flexibility index (Phi) is 4.84. The van der Waals surface area contributed by atoms with E-state index in [1.807, 2.05) is 11.7 Å². The first kappa shape index (κ1) is 14.1. The minimum Gasteiger partial charge on any atom is -0.372 e. The Balaban J connectivity index is 1.95. The summed E-state index contributed by atoms with van der Waals surface area (Å²) in [6.45, 7) is 5.12. The van der Waals surface area contributed by atoms with Crippen LogP contribution in [0.15, 0.2) is 4.47 Å². The number of aryl methyl sites for hydroxylation is 2. The van der Waals surface area contributed by atoms with E-state index in [0.29, 0.717) is 12.7 Å². The van der Waals surface area contributed by atoms with Crippen molar-refractivity contribution in [3.8, 4) is 0 Å².